The predicted molar refractivity (Wildman–Crippen MR) is 80.9 cm³/mol. The molecule has 0 saturated carbocycles. The number of ketones is 1. The molecule has 5 nitrogen and oxygen atoms in total. The monoisotopic (exact) mass is 303 g/mol. The van der Waals surface area contributed by atoms with Gasteiger partial charge in [0.1, 0.15) is 12.2 Å². The fraction of sp³-hybridized carbons (Fsp3) is 0.471. The SMILES string of the molecule is CCOC(=O)CC(=O)[C@@H]1CC(=O)N([C@H](C)c2ccccc2)C1. The quantitative estimate of drug-likeness (QED) is 0.596. The van der Waals surface area contributed by atoms with Crippen molar-refractivity contribution in [2.75, 3.05) is 13.2 Å². The number of carbonyl (C=O) groups excluding carboxylic acids is 3. The Morgan fingerprint density at radius 3 is 2.64 bits per heavy atom. The first-order chi connectivity index (χ1) is 10.5. The fourth-order valence-electron chi connectivity index (χ4n) is 2.73. The van der Waals surface area contributed by atoms with E-state index in [2.05, 4.69) is 0 Å². The molecule has 5 heteroatoms. The molecular formula is C17H21NO4. The molecule has 118 valence electrons. The lowest BCUT2D eigenvalue weighted by molar-refractivity contribution is -0.146. The highest BCUT2D eigenvalue weighted by molar-refractivity contribution is 5.99. The Balaban J connectivity index is 1.98. The van der Waals surface area contributed by atoms with Crippen LogP contribution in [0, 0.1) is 5.92 Å². The Bertz CT molecular complexity index is 555. The van der Waals surface area contributed by atoms with Crippen LogP contribution >= 0.6 is 0 Å². The second-order valence-corrected chi connectivity index (χ2v) is 5.48. The first-order valence-electron chi connectivity index (χ1n) is 7.55. The van der Waals surface area contributed by atoms with Gasteiger partial charge >= 0.3 is 5.97 Å². The lowest BCUT2D eigenvalue weighted by atomic mass is 10.0. The number of benzene rings is 1. The summed E-state index contributed by atoms with van der Waals surface area (Å²) >= 11 is 0. The molecule has 0 radical (unpaired) electrons. The number of rotatable bonds is 6. The van der Waals surface area contributed by atoms with Crippen LogP contribution < -0.4 is 0 Å². The Morgan fingerprint density at radius 2 is 2.00 bits per heavy atom. The maximum absolute atomic E-state index is 12.2. The molecule has 0 N–H and O–H groups in total. The Hall–Kier alpha value is -2.17. The molecular weight excluding hydrogens is 282 g/mol. The van der Waals surface area contributed by atoms with Crippen molar-refractivity contribution in [3.63, 3.8) is 0 Å². The van der Waals surface area contributed by atoms with Gasteiger partial charge in [0.2, 0.25) is 5.91 Å². The highest BCUT2D eigenvalue weighted by Crippen LogP contribution is 2.29. The number of likely N-dealkylation sites (tertiary alicyclic amines) is 1. The maximum atomic E-state index is 12.2. The van der Waals surface area contributed by atoms with Crippen LogP contribution in [0.4, 0.5) is 0 Å². The van der Waals surface area contributed by atoms with Gasteiger partial charge in [0.25, 0.3) is 0 Å². The number of hydrogen-bond donors (Lipinski definition) is 0. The van der Waals surface area contributed by atoms with E-state index in [9.17, 15) is 14.4 Å². The van der Waals surface area contributed by atoms with E-state index in [0.717, 1.165) is 5.56 Å². The van der Waals surface area contributed by atoms with Crippen molar-refractivity contribution in [2.45, 2.75) is 32.7 Å². The van der Waals surface area contributed by atoms with Gasteiger partial charge in [-0.15, -0.1) is 0 Å². The topological polar surface area (TPSA) is 63.7 Å². The third-order valence-electron chi connectivity index (χ3n) is 3.99. The number of carbonyl (C=O) groups is 3. The summed E-state index contributed by atoms with van der Waals surface area (Å²) in [7, 11) is 0. The molecule has 0 aromatic heterocycles. The number of ether oxygens (including phenoxy) is 1. The number of nitrogens with zero attached hydrogens (tertiary/aromatic N) is 1. The summed E-state index contributed by atoms with van der Waals surface area (Å²) in [4.78, 5) is 37.4. The van der Waals surface area contributed by atoms with Crippen LogP contribution in [0.5, 0.6) is 0 Å². The number of amides is 1. The molecule has 1 saturated heterocycles. The minimum atomic E-state index is -0.519. The molecule has 1 fully saturated rings. The molecule has 0 spiro atoms. The molecule has 0 unspecified atom stereocenters. The second kappa shape index (κ2) is 7.20. The van der Waals surface area contributed by atoms with E-state index in [4.69, 9.17) is 4.74 Å². The van der Waals surface area contributed by atoms with Crippen LogP contribution in [0.25, 0.3) is 0 Å². The largest absolute Gasteiger partial charge is 0.466 e. The van der Waals surface area contributed by atoms with E-state index in [1.807, 2.05) is 37.3 Å². The third kappa shape index (κ3) is 3.72. The zero-order valence-electron chi connectivity index (χ0n) is 13.0. The Labute approximate surface area is 130 Å². The van der Waals surface area contributed by atoms with Crippen molar-refractivity contribution in [3.05, 3.63) is 35.9 Å². The van der Waals surface area contributed by atoms with Crippen molar-refractivity contribution in [1.82, 2.24) is 4.90 Å². The number of hydrogen-bond acceptors (Lipinski definition) is 4. The zero-order chi connectivity index (χ0) is 16.1. The zero-order valence-corrected chi connectivity index (χ0v) is 13.0. The van der Waals surface area contributed by atoms with Crippen LogP contribution in [-0.2, 0) is 19.1 Å². The van der Waals surface area contributed by atoms with E-state index in [1.165, 1.54) is 0 Å². The van der Waals surface area contributed by atoms with Gasteiger partial charge in [-0.2, -0.15) is 0 Å². The number of Topliss-reactive ketones (excluding diaryl/α,β-unsaturated/α-hetero) is 1. The Morgan fingerprint density at radius 1 is 1.32 bits per heavy atom. The van der Waals surface area contributed by atoms with Crippen LogP contribution in [0.2, 0.25) is 0 Å². The maximum Gasteiger partial charge on any atom is 0.313 e. The van der Waals surface area contributed by atoms with E-state index in [0.29, 0.717) is 6.54 Å². The molecule has 1 aromatic rings. The summed E-state index contributed by atoms with van der Waals surface area (Å²) in [6.45, 7) is 4.27. The molecule has 1 amide bonds. The molecule has 2 rings (SSSR count). The molecule has 1 aliphatic rings. The fourth-order valence-corrected chi connectivity index (χ4v) is 2.73. The van der Waals surface area contributed by atoms with E-state index >= 15 is 0 Å². The van der Waals surface area contributed by atoms with Gasteiger partial charge in [0, 0.05) is 18.9 Å². The van der Waals surface area contributed by atoms with E-state index in [1.54, 1.807) is 11.8 Å². The van der Waals surface area contributed by atoms with Crippen molar-refractivity contribution in [3.8, 4) is 0 Å². The third-order valence-corrected chi connectivity index (χ3v) is 3.99. The molecule has 2 atom stereocenters. The van der Waals surface area contributed by atoms with Crippen LogP contribution in [0.1, 0.15) is 38.3 Å². The molecule has 0 aliphatic carbocycles. The number of esters is 1. The highest BCUT2D eigenvalue weighted by atomic mass is 16.5. The first kappa shape index (κ1) is 16.2. The van der Waals surface area contributed by atoms with Crippen LogP contribution in [0.3, 0.4) is 0 Å². The standard InChI is InChI=1S/C17H21NO4/c1-3-22-17(21)10-15(19)14-9-16(20)18(11-14)12(2)13-7-5-4-6-8-13/h4-8,12,14H,3,9-11H2,1-2H3/t12-,14-/m1/s1. The molecule has 22 heavy (non-hydrogen) atoms. The van der Waals surface area contributed by atoms with Crippen molar-refractivity contribution in [1.29, 1.82) is 0 Å². The van der Waals surface area contributed by atoms with Crippen molar-refractivity contribution < 1.29 is 19.1 Å². The van der Waals surface area contributed by atoms with Gasteiger partial charge in [-0.1, -0.05) is 30.3 Å². The minimum absolute atomic E-state index is 0.0430. The smallest absolute Gasteiger partial charge is 0.313 e. The van der Waals surface area contributed by atoms with Gasteiger partial charge < -0.3 is 9.64 Å². The second-order valence-electron chi connectivity index (χ2n) is 5.48. The summed E-state index contributed by atoms with van der Waals surface area (Å²) in [5, 5.41) is 0. The summed E-state index contributed by atoms with van der Waals surface area (Å²) in [6, 6.07) is 9.63. The van der Waals surface area contributed by atoms with Gasteiger partial charge in [0.05, 0.1) is 12.6 Å². The lowest BCUT2D eigenvalue weighted by Gasteiger charge is -2.25. The van der Waals surface area contributed by atoms with Crippen LogP contribution in [0.15, 0.2) is 30.3 Å². The summed E-state index contributed by atoms with van der Waals surface area (Å²) in [5.74, 6) is -1.19. The average molecular weight is 303 g/mol. The normalized spacial score (nSPS) is 19.1. The van der Waals surface area contributed by atoms with Crippen LogP contribution in [-0.4, -0.2) is 35.7 Å². The lowest BCUT2D eigenvalue weighted by Crippen LogP contribution is -2.29. The van der Waals surface area contributed by atoms with Gasteiger partial charge in [-0.25, -0.2) is 0 Å². The molecule has 1 aromatic carbocycles. The van der Waals surface area contributed by atoms with E-state index < -0.39 is 11.9 Å². The highest BCUT2D eigenvalue weighted by Gasteiger charge is 2.37. The van der Waals surface area contributed by atoms with Crippen molar-refractivity contribution >= 4 is 17.7 Å². The first-order valence-corrected chi connectivity index (χ1v) is 7.55. The summed E-state index contributed by atoms with van der Waals surface area (Å²) in [6.07, 6.45) is -0.0746. The molecule has 0 bridgehead atoms. The van der Waals surface area contributed by atoms with Gasteiger partial charge in [-0.05, 0) is 19.4 Å². The molecule has 1 aliphatic heterocycles. The summed E-state index contributed by atoms with van der Waals surface area (Å²) < 4.78 is 4.78. The van der Waals surface area contributed by atoms with E-state index in [-0.39, 0.29) is 37.2 Å². The van der Waals surface area contributed by atoms with Gasteiger partial charge in [0.15, 0.2) is 0 Å². The van der Waals surface area contributed by atoms with Crippen molar-refractivity contribution in [2.24, 2.45) is 5.92 Å². The minimum Gasteiger partial charge on any atom is -0.466 e. The average Bonchev–Trinajstić information content (AvgIpc) is 2.89. The predicted octanol–water partition coefficient (Wildman–Crippen LogP) is 2.12. The Kier molecular flexibility index (Phi) is 5.31. The van der Waals surface area contributed by atoms with Gasteiger partial charge in [-0.3, -0.25) is 14.4 Å². The molecule has 1 heterocycles. The summed E-state index contributed by atoms with van der Waals surface area (Å²) in [5.41, 5.74) is 1.04.